The number of halogens is 2. The van der Waals surface area contributed by atoms with E-state index in [1.54, 1.807) is 6.07 Å². The maximum absolute atomic E-state index is 12.2. The van der Waals surface area contributed by atoms with Crippen LogP contribution < -0.4 is 14.8 Å². The molecule has 1 amide bonds. The molecule has 106 valence electrons. The van der Waals surface area contributed by atoms with E-state index in [0.717, 1.165) is 11.3 Å². The Hall–Kier alpha value is -2.22. The zero-order valence-corrected chi connectivity index (χ0v) is 11.1. The minimum Gasteiger partial charge on any atom is -0.494 e. The number of pyridine rings is 1. The van der Waals surface area contributed by atoms with Crippen LogP contribution in [0, 0.1) is 0 Å². The largest absolute Gasteiger partial charge is 0.494 e. The van der Waals surface area contributed by atoms with Gasteiger partial charge in [0.25, 0.3) is 5.91 Å². The van der Waals surface area contributed by atoms with Crippen molar-refractivity contribution in [2.24, 2.45) is 0 Å². The summed E-state index contributed by atoms with van der Waals surface area (Å²) in [6.07, 6.45) is 2.91. The van der Waals surface area contributed by atoms with E-state index >= 15 is 0 Å². The minimum absolute atomic E-state index is 0.0520. The topological polar surface area (TPSA) is 60.5 Å². The van der Waals surface area contributed by atoms with Crippen LogP contribution in [0.3, 0.4) is 0 Å². The molecule has 0 aliphatic rings. The first-order valence-corrected chi connectivity index (χ1v) is 6.31. The lowest BCUT2D eigenvalue weighted by atomic mass is 10.3. The van der Waals surface area contributed by atoms with Gasteiger partial charge in [-0.05, 0) is 11.4 Å². The van der Waals surface area contributed by atoms with Crippen LogP contribution in [0.15, 0.2) is 29.9 Å². The molecule has 20 heavy (non-hydrogen) atoms. The summed E-state index contributed by atoms with van der Waals surface area (Å²) in [5.74, 6) is -0.312. The standard InChI is InChI=1S/C12H10F2N2O3S/c1-18-8-2-4-15-6-7(8)16-11(17)10-9(3-5-20-10)19-12(13)14/h2-6,12H,1H3,(H,16,17). The Labute approximate surface area is 117 Å². The maximum Gasteiger partial charge on any atom is 0.387 e. The van der Waals surface area contributed by atoms with E-state index in [1.807, 2.05) is 0 Å². The summed E-state index contributed by atoms with van der Waals surface area (Å²) in [5, 5.41) is 4.03. The van der Waals surface area contributed by atoms with E-state index in [9.17, 15) is 13.6 Å². The Morgan fingerprint density at radius 2 is 2.20 bits per heavy atom. The highest BCUT2D eigenvalue weighted by Gasteiger charge is 2.18. The third-order valence-corrected chi connectivity index (χ3v) is 3.20. The molecule has 2 rings (SSSR count). The Morgan fingerprint density at radius 3 is 2.90 bits per heavy atom. The fraction of sp³-hybridized carbons (Fsp3) is 0.167. The zero-order chi connectivity index (χ0) is 14.5. The number of carbonyl (C=O) groups is 1. The summed E-state index contributed by atoms with van der Waals surface area (Å²) in [7, 11) is 1.45. The Morgan fingerprint density at radius 1 is 1.40 bits per heavy atom. The summed E-state index contributed by atoms with van der Waals surface area (Å²) in [6.45, 7) is -2.98. The van der Waals surface area contributed by atoms with Gasteiger partial charge in [0.15, 0.2) is 0 Å². The van der Waals surface area contributed by atoms with Gasteiger partial charge in [-0.3, -0.25) is 9.78 Å². The van der Waals surface area contributed by atoms with Gasteiger partial charge in [-0.15, -0.1) is 11.3 Å². The summed E-state index contributed by atoms with van der Waals surface area (Å²) < 4.78 is 33.7. The molecule has 0 radical (unpaired) electrons. The second-order valence-electron chi connectivity index (χ2n) is 3.52. The molecule has 0 saturated heterocycles. The number of nitrogens with one attached hydrogen (secondary N) is 1. The molecule has 0 bridgehead atoms. The van der Waals surface area contributed by atoms with E-state index < -0.39 is 12.5 Å². The van der Waals surface area contributed by atoms with Gasteiger partial charge >= 0.3 is 6.61 Å². The summed E-state index contributed by atoms with van der Waals surface area (Å²) >= 11 is 1.00. The Bertz CT molecular complexity index is 604. The number of alkyl halides is 2. The van der Waals surface area contributed by atoms with Crippen molar-refractivity contribution in [2.45, 2.75) is 6.61 Å². The zero-order valence-electron chi connectivity index (χ0n) is 10.3. The summed E-state index contributed by atoms with van der Waals surface area (Å²) in [5.41, 5.74) is 0.344. The minimum atomic E-state index is -2.98. The highest BCUT2D eigenvalue weighted by atomic mass is 32.1. The van der Waals surface area contributed by atoms with E-state index in [4.69, 9.17) is 4.74 Å². The highest BCUT2D eigenvalue weighted by molar-refractivity contribution is 7.12. The van der Waals surface area contributed by atoms with Crippen molar-refractivity contribution < 1.29 is 23.0 Å². The Balaban J connectivity index is 2.18. The van der Waals surface area contributed by atoms with Crippen LogP contribution >= 0.6 is 11.3 Å². The predicted octanol–water partition coefficient (Wildman–Crippen LogP) is 3.01. The quantitative estimate of drug-likeness (QED) is 0.922. The molecular weight excluding hydrogens is 290 g/mol. The normalized spacial score (nSPS) is 10.4. The molecular formula is C12H10F2N2O3S. The van der Waals surface area contributed by atoms with Crippen molar-refractivity contribution in [2.75, 3.05) is 12.4 Å². The van der Waals surface area contributed by atoms with Crippen molar-refractivity contribution in [1.82, 2.24) is 4.98 Å². The average molecular weight is 300 g/mol. The van der Waals surface area contributed by atoms with Gasteiger partial charge in [0, 0.05) is 12.3 Å². The van der Waals surface area contributed by atoms with Gasteiger partial charge in [-0.1, -0.05) is 0 Å². The molecule has 5 nitrogen and oxygen atoms in total. The second-order valence-corrected chi connectivity index (χ2v) is 4.44. The average Bonchev–Trinajstić information content (AvgIpc) is 2.86. The number of ether oxygens (including phenoxy) is 2. The number of nitrogens with zero attached hydrogens (tertiary/aromatic N) is 1. The van der Waals surface area contributed by atoms with E-state index in [-0.39, 0.29) is 10.6 Å². The van der Waals surface area contributed by atoms with E-state index in [0.29, 0.717) is 11.4 Å². The molecule has 0 aliphatic heterocycles. The second kappa shape index (κ2) is 6.29. The molecule has 2 aromatic heterocycles. The van der Waals surface area contributed by atoms with Crippen LogP contribution in [0.25, 0.3) is 0 Å². The van der Waals surface area contributed by atoms with Crippen molar-refractivity contribution in [3.05, 3.63) is 34.8 Å². The first kappa shape index (κ1) is 14.2. The summed E-state index contributed by atoms with van der Waals surface area (Å²) in [4.78, 5) is 15.9. The molecule has 0 unspecified atom stereocenters. The van der Waals surface area contributed by atoms with Gasteiger partial charge in [0.05, 0.1) is 13.3 Å². The van der Waals surface area contributed by atoms with Crippen molar-refractivity contribution in [3.8, 4) is 11.5 Å². The fourth-order valence-electron chi connectivity index (χ4n) is 1.48. The van der Waals surface area contributed by atoms with E-state index in [1.165, 1.54) is 30.9 Å². The lowest BCUT2D eigenvalue weighted by Crippen LogP contribution is -2.13. The summed E-state index contributed by atoms with van der Waals surface area (Å²) in [6, 6.07) is 2.88. The molecule has 2 aromatic rings. The number of anilines is 1. The molecule has 0 aromatic carbocycles. The molecule has 0 aliphatic carbocycles. The SMILES string of the molecule is COc1ccncc1NC(=O)c1sccc1OC(F)F. The molecule has 2 heterocycles. The number of amides is 1. The molecule has 0 spiro atoms. The van der Waals surface area contributed by atoms with Crippen LogP contribution in [0.1, 0.15) is 9.67 Å². The Kier molecular flexibility index (Phi) is 4.46. The van der Waals surface area contributed by atoms with Gasteiger partial charge in [-0.2, -0.15) is 8.78 Å². The van der Waals surface area contributed by atoms with Gasteiger partial charge < -0.3 is 14.8 Å². The number of hydrogen-bond acceptors (Lipinski definition) is 5. The van der Waals surface area contributed by atoms with Gasteiger partial charge in [0.1, 0.15) is 22.1 Å². The first-order valence-electron chi connectivity index (χ1n) is 5.43. The number of carbonyl (C=O) groups excluding carboxylic acids is 1. The number of thiophene rings is 1. The number of aromatic nitrogens is 1. The molecule has 8 heteroatoms. The lowest BCUT2D eigenvalue weighted by molar-refractivity contribution is -0.0498. The van der Waals surface area contributed by atoms with Crippen molar-refractivity contribution in [1.29, 1.82) is 0 Å². The number of hydrogen-bond donors (Lipinski definition) is 1. The first-order chi connectivity index (χ1) is 9.61. The monoisotopic (exact) mass is 300 g/mol. The van der Waals surface area contributed by atoms with Crippen LogP contribution in [-0.4, -0.2) is 24.6 Å². The van der Waals surface area contributed by atoms with Gasteiger partial charge in [-0.25, -0.2) is 0 Å². The molecule has 1 N–H and O–H groups in total. The van der Waals surface area contributed by atoms with Crippen LogP contribution in [0.5, 0.6) is 11.5 Å². The lowest BCUT2D eigenvalue weighted by Gasteiger charge is -2.09. The molecule has 0 saturated carbocycles. The molecule has 0 atom stereocenters. The fourth-order valence-corrected chi connectivity index (χ4v) is 2.20. The van der Waals surface area contributed by atoms with Crippen molar-refractivity contribution in [3.63, 3.8) is 0 Å². The van der Waals surface area contributed by atoms with Crippen LogP contribution in [0.2, 0.25) is 0 Å². The van der Waals surface area contributed by atoms with E-state index in [2.05, 4.69) is 15.0 Å². The highest BCUT2D eigenvalue weighted by Crippen LogP contribution is 2.29. The third-order valence-electron chi connectivity index (χ3n) is 2.30. The molecule has 0 fully saturated rings. The number of methoxy groups -OCH3 is 1. The number of rotatable bonds is 5. The maximum atomic E-state index is 12.2. The van der Waals surface area contributed by atoms with Crippen LogP contribution in [-0.2, 0) is 0 Å². The smallest absolute Gasteiger partial charge is 0.387 e. The predicted molar refractivity (Wildman–Crippen MR) is 69.7 cm³/mol. The van der Waals surface area contributed by atoms with Gasteiger partial charge in [0.2, 0.25) is 0 Å². The van der Waals surface area contributed by atoms with Crippen molar-refractivity contribution >= 4 is 22.9 Å². The third kappa shape index (κ3) is 3.21. The van der Waals surface area contributed by atoms with Crippen LogP contribution in [0.4, 0.5) is 14.5 Å².